The Bertz CT molecular complexity index is 458. The molecule has 1 aliphatic carbocycles. The normalized spacial score (nSPS) is 16.0. The first-order valence-corrected chi connectivity index (χ1v) is 6.93. The van der Waals surface area contributed by atoms with Crippen molar-refractivity contribution in [1.29, 1.82) is 0 Å². The Balaban J connectivity index is 1.88. The van der Waals surface area contributed by atoms with Gasteiger partial charge in [-0.15, -0.1) is 0 Å². The predicted molar refractivity (Wildman–Crippen MR) is 78.7 cm³/mol. The van der Waals surface area contributed by atoms with Gasteiger partial charge in [-0.25, -0.2) is 4.99 Å². The van der Waals surface area contributed by atoms with Gasteiger partial charge < -0.3 is 15.8 Å². The maximum Gasteiger partial charge on any atom is 0.188 e. The average Bonchev–Trinajstić information content (AvgIpc) is 2.35. The maximum atomic E-state index is 5.91. The molecule has 0 amide bonds. The summed E-state index contributed by atoms with van der Waals surface area (Å²) >= 11 is 5.91. The first-order chi connectivity index (χ1) is 9.19. The number of nitrogens with one attached hydrogen (secondary N) is 1. The summed E-state index contributed by atoms with van der Waals surface area (Å²) in [4.78, 5) is 4.32. The van der Waals surface area contributed by atoms with Crippen molar-refractivity contribution in [3.63, 3.8) is 0 Å². The number of hydrogen-bond acceptors (Lipinski definition) is 2. The van der Waals surface area contributed by atoms with E-state index in [1.165, 1.54) is 19.3 Å². The van der Waals surface area contributed by atoms with Crippen molar-refractivity contribution >= 4 is 17.6 Å². The summed E-state index contributed by atoms with van der Waals surface area (Å²) in [7, 11) is 1.62. The summed E-state index contributed by atoms with van der Waals surface area (Å²) in [6.45, 7) is 1.41. The molecule has 0 heterocycles. The lowest BCUT2D eigenvalue weighted by molar-refractivity contribution is 0.315. The van der Waals surface area contributed by atoms with Crippen molar-refractivity contribution in [1.82, 2.24) is 5.32 Å². The molecule has 0 bridgehead atoms. The molecule has 0 atom stereocenters. The highest BCUT2D eigenvalue weighted by atomic mass is 35.5. The first-order valence-electron chi connectivity index (χ1n) is 6.55. The fraction of sp³-hybridized carbons (Fsp3) is 0.500. The molecular formula is C14H20ClN3O. The largest absolute Gasteiger partial charge is 0.496 e. The zero-order valence-corrected chi connectivity index (χ0v) is 11.9. The van der Waals surface area contributed by atoms with E-state index < -0.39 is 0 Å². The summed E-state index contributed by atoms with van der Waals surface area (Å²) in [5, 5.41) is 3.82. The van der Waals surface area contributed by atoms with Crippen molar-refractivity contribution in [2.75, 3.05) is 13.7 Å². The minimum absolute atomic E-state index is 0.490. The monoisotopic (exact) mass is 281 g/mol. The Kier molecular flexibility index (Phi) is 4.91. The average molecular weight is 282 g/mol. The second kappa shape index (κ2) is 6.66. The minimum Gasteiger partial charge on any atom is -0.496 e. The standard InChI is InChI=1S/C14H20ClN3O/c1-19-13-7-12(15)6-5-11(13)9-18-14(16)17-8-10-3-2-4-10/h5-7,10H,2-4,8-9H2,1H3,(H3,16,17,18). The van der Waals surface area contributed by atoms with Crippen LogP contribution in [0.15, 0.2) is 23.2 Å². The first kappa shape index (κ1) is 14.0. The summed E-state index contributed by atoms with van der Waals surface area (Å²) in [6.07, 6.45) is 3.93. The quantitative estimate of drug-likeness (QED) is 0.644. The van der Waals surface area contributed by atoms with Gasteiger partial charge in [0.1, 0.15) is 5.75 Å². The molecule has 1 fully saturated rings. The van der Waals surface area contributed by atoms with Crippen LogP contribution in [0.2, 0.25) is 5.02 Å². The van der Waals surface area contributed by atoms with Gasteiger partial charge in [0, 0.05) is 17.1 Å². The van der Waals surface area contributed by atoms with Crippen LogP contribution in [0, 0.1) is 5.92 Å². The molecule has 5 heteroatoms. The van der Waals surface area contributed by atoms with E-state index in [0.717, 1.165) is 23.8 Å². The van der Waals surface area contributed by atoms with E-state index in [1.807, 2.05) is 12.1 Å². The molecule has 0 spiro atoms. The van der Waals surface area contributed by atoms with Crippen LogP contribution in [0.25, 0.3) is 0 Å². The van der Waals surface area contributed by atoms with Crippen molar-refractivity contribution in [2.45, 2.75) is 25.8 Å². The lowest BCUT2D eigenvalue weighted by Crippen LogP contribution is -2.37. The van der Waals surface area contributed by atoms with E-state index in [9.17, 15) is 0 Å². The number of ether oxygens (including phenoxy) is 1. The van der Waals surface area contributed by atoms with Crippen LogP contribution in [0.3, 0.4) is 0 Å². The Hall–Kier alpha value is -1.42. The molecule has 1 aromatic carbocycles. The molecule has 4 nitrogen and oxygen atoms in total. The second-order valence-electron chi connectivity index (χ2n) is 4.84. The molecule has 3 N–H and O–H groups in total. The molecule has 2 rings (SSSR count). The predicted octanol–water partition coefficient (Wildman–Crippen LogP) is 2.55. The highest BCUT2D eigenvalue weighted by Gasteiger charge is 2.16. The van der Waals surface area contributed by atoms with Crippen LogP contribution in [-0.4, -0.2) is 19.6 Å². The Labute approximate surface area is 119 Å². The molecule has 1 saturated carbocycles. The van der Waals surface area contributed by atoms with E-state index in [2.05, 4.69) is 10.3 Å². The van der Waals surface area contributed by atoms with Crippen molar-refractivity contribution in [3.05, 3.63) is 28.8 Å². The molecule has 0 aliphatic heterocycles. The number of nitrogens with zero attached hydrogens (tertiary/aromatic N) is 1. The van der Waals surface area contributed by atoms with Crippen molar-refractivity contribution in [3.8, 4) is 5.75 Å². The summed E-state index contributed by atoms with van der Waals surface area (Å²) in [5.41, 5.74) is 6.81. The fourth-order valence-electron chi connectivity index (χ4n) is 2.02. The molecule has 0 saturated heterocycles. The summed E-state index contributed by atoms with van der Waals surface area (Å²) in [5.74, 6) is 1.99. The van der Waals surface area contributed by atoms with Crippen molar-refractivity contribution in [2.24, 2.45) is 16.6 Å². The van der Waals surface area contributed by atoms with E-state index >= 15 is 0 Å². The molecule has 1 aromatic rings. The zero-order chi connectivity index (χ0) is 13.7. The van der Waals surface area contributed by atoms with Gasteiger partial charge in [0.15, 0.2) is 5.96 Å². The Morgan fingerprint density at radius 2 is 2.32 bits per heavy atom. The SMILES string of the molecule is COc1cc(Cl)ccc1CN=C(N)NCC1CCC1. The molecule has 19 heavy (non-hydrogen) atoms. The minimum atomic E-state index is 0.490. The molecule has 0 unspecified atom stereocenters. The summed E-state index contributed by atoms with van der Waals surface area (Å²) in [6, 6.07) is 5.52. The number of halogens is 1. The van der Waals surface area contributed by atoms with Crippen LogP contribution in [-0.2, 0) is 6.54 Å². The van der Waals surface area contributed by atoms with Gasteiger partial charge >= 0.3 is 0 Å². The molecule has 1 aliphatic rings. The lowest BCUT2D eigenvalue weighted by atomic mass is 9.85. The molecular weight excluding hydrogens is 262 g/mol. The van der Waals surface area contributed by atoms with Gasteiger partial charge in [-0.2, -0.15) is 0 Å². The maximum absolute atomic E-state index is 5.91. The number of aliphatic imine (C=N–C) groups is 1. The number of hydrogen-bond donors (Lipinski definition) is 2. The molecule has 104 valence electrons. The number of rotatable bonds is 5. The Morgan fingerprint density at radius 1 is 1.53 bits per heavy atom. The smallest absolute Gasteiger partial charge is 0.188 e. The summed E-state index contributed by atoms with van der Waals surface area (Å²) < 4.78 is 5.27. The fourth-order valence-corrected chi connectivity index (χ4v) is 2.18. The number of benzene rings is 1. The van der Waals surface area contributed by atoms with Gasteiger partial charge in [0.2, 0.25) is 0 Å². The van der Waals surface area contributed by atoms with Gasteiger partial charge in [-0.1, -0.05) is 24.1 Å². The third-order valence-electron chi connectivity index (χ3n) is 3.47. The topological polar surface area (TPSA) is 59.6 Å². The number of methoxy groups -OCH3 is 1. The van der Waals surface area contributed by atoms with Crippen LogP contribution < -0.4 is 15.8 Å². The third kappa shape index (κ3) is 4.03. The van der Waals surface area contributed by atoms with Gasteiger partial charge in [-0.3, -0.25) is 0 Å². The van der Waals surface area contributed by atoms with E-state index in [4.69, 9.17) is 22.1 Å². The van der Waals surface area contributed by atoms with Gasteiger partial charge in [0.05, 0.1) is 13.7 Å². The second-order valence-corrected chi connectivity index (χ2v) is 5.27. The Morgan fingerprint density at radius 3 is 2.95 bits per heavy atom. The number of guanidine groups is 1. The van der Waals surface area contributed by atoms with Crippen molar-refractivity contribution < 1.29 is 4.74 Å². The van der Waals surface area contributed by atoms with E-state index in [-0.39, 0.29) is 0 Å². The molecule has 0 aromatic heterocycles. The molecule has 0 radical (unpaired) electrons. The van der Waals surface area contributed by atoms with Gasteiger partial charge in [-0.05, 0) is 30.9 Å². The highest BCUT2D eigenvalue weighted by molar-refractivity contribution is 6.30. The van der Waals surface area contributed by atoms with Crippen LogP contribution in [0.1, 0.15) is 24.8 Å². The lowest BCUT2D eigenvalue weighted by Gasteiger charge is -2.25. The van der Waals surface area contributed by atoms with E-state index in [1.54, 1.807) is 13.2 Å². The van der Waals surface area contributed by atoms with Gasteiger partial charge in [0.25, 0.3) is 0 Å². The third-order valence-corrected chi connectivity index (χ3v) is 3.70. The zero-order valence-electron chi connectivity index (χ0n) is 11.2. The number of nitrogens with two attached hydrogens (primary N) is 1. The van der Waals surface area contributed by atoms with E-state index in [0.29, 0.717) is 17.5 Å². The van der Waals surface area contributed by atoms with Crippen LogP contribution in [0.4, 0.5) is 0 Å². The van der Waals surface area contributed by atoms with Crippen LogP contribution >= 0.6 is 11.6 Å². The highest BCUT2D eigenvalue weighted by Crippen LogP contribution is 2.25. The van der Waals surface area contributed by atoms with Crippen LogP contribution in [0.5, 0.6) is 5.75 Å².